The number of esters is 1. The molecule has 0 atom stereocenters. The Morgan fingerprint density at radius 2 is 1.78 bits per heavy atom. The molecule has 1 aromatic rings. The fraction of sp³-hybridized carbons (Fsp3) is 0.562. The maximum Gasteiger partial charge on any atom is 0.306 e. The highest BCUT2D eigenvalue weighted by Crippen LogP contribution is 2.22. The molecule has 0 saturated heterocycles. The number of hydrogen-bond acceptors (Lipinski definition) is 2. The van der Waals surface area contributed by atoms with Crippen molar-refractivity contribution in [3.05, 3.63) is 35.9 Å². The second-order valence-corrected chi connectivity index (χ2v) is 5.91. The van der Waals surface area contributed by atoms with Gasteiger partial charge >= 0.3 is 5.97 Å². The summed E-state index contributed by atoms with van der Waals surface area (Å²) in [6, 6.07) is 9.79. The molecule has 0 amide bonds. The lowest BCUT2D eigenvalue weighted by Gasteiger charge is -2.17. The monoisotopic (exact) mass is 248 g/mol. The van der Waals surface area contributed by atoms with Crippen LogP contribution in [0.25, 0.3) is 0 Å². The van der Waals surface area contributed by atoms with Gasteiger partial charge in [-0.15, -0.1) is 0 Å². The van der Waals surface area contributed by atoms with Gasteiger partial charge in [-0.2, -0.15) is 0 Å². The molecule has 1 rings (SSSR count). The van der Waals surface area contributed by atoms with Gasteiger partial charge in [0.2, 0.25) is 0 Å². The summed E-state index contributed by atoms with van der Waals surface area (Å²) in [5.41, 5.74) is 1.40. The summed E-state index contributed by atoms with van der Waals surface area (Å²) in [4.78, 5) is 11.5. The van der Waals surface area contributed by atoms with Crippen LogP contribution in [0.1, 0.15) is 52.0 Å². The second kappa shape index (κ2) is 7.20. The van der Waals surface area contributed by atoms with Crippen molar-refractivity contribution in [2.24, 2.45) is 5.41 Å². The Morgan fingerprint density at radius 3 is 2.39 bits per heavy atom. The molecule has 0 aromatic heterocycles. The SMILES string of the molecule is CC(C)(C)CCCCC(=O)OCc1ccccc1. The predicted molar refractivity (Wildman–Crippen MR) is 74.2 cm³/mol. The summed E-state index contributed by atoms with van der Waals surface area (Å²) in [7, 11) is 0. The van der Waals surface area contributed by atoms with Crippen LogP contribution in [0.15, 0.2) is 30.3 Å². The molecule has 100 valence electrons. The first-order valence-electron chi connectivity index (χ1n) is 6.67. The van der Waals surface area contributed by atoms with E-state index in [0.29, 0.717) is 18.4 Å². The van der Waals surface area contributed by atoms with Crippen molar-refractivity contribution in [1.29, 1.82) is 0 Å². The fourth-order valence-corrected chi connectivity index (χ4v) is 1.73. The van der Waals surface area contributed by atoms with Gasteiger partial charge in [-0.25, -0.2) is 0 Å². The molecule has 2 heteroatoms. The second-order valence-electron chi connectivity index (χ2n) is 5.91. The zero-order chi connectivity index (χ0) is 13.4. The standard InChI is InChI=1S/C16H24O2/c1-16(2,3)12-8-7-11-15(17)18-13-14-9-5-4-6-10-14/h4-6,9-10H,7-8,11-13H2,1-3H3. The lowest BCUT2D eigenvalue weighted by Crippen LogP contribution is -2.07. The largest absolute Gasteiger partial charge is 0.461 e. The Balaban J connectivity index is 2.11. The van der Waals surface area contributed by atoms with Crippen LogP contribution in [0.5, 0.6) is 0 Å². The Kier molecular flexibility index (Phi) is 5.90. The molecular weight excluding hydrogens is 224 g/mol. The van der Waals surface area contributed by atoms with Gasteiger partial charge in [-0.05, 0) is 23.8 Å². The van der Waals surface area contributed by atoms with Crippen molar-refractivity contribution >= 4 is 5.97 Å². The van der Waals surface area contributed by atoms with Gasteiger partial charge in [0.05, 0.1) is 0 Å². The topological polar surface area (TPSA) is 26.3 Å². The predicted octanol–water partition coefficient (Wildman–Crippen LogP) is 4.34. The van der Waals surface area contributed by atoms with Crippen LogP contribution in [0.2, 0.25) is 0 Å². The molecule has 0 N–H and O–H groups in total. The minimum absolute atomic E-state index is 0.0900. The molecule has 0 spiro atoms. The number of carbonyl (C=O) groups is 1. The van der Waals surface area contributed by atoms with E-state index in [1.807, 2.05) is 30.3 Å². The molecule has 1 aromatic carbocycles. The van der Waals surface area contributed by atoms with Crippen molar-refractivity contribution in [3.8, 4) is 0 Å². The number of benzene rings is 1. The van der Waals surface area contributed by atoms with Gasteiger partial charge in [0.25, 0.3) is 0 Å². The van der Waals surface area contributed by atoms with Crippen molar-refractivity contribution in [3.63, 3.8) is 0 Å². The van der Waals surface area contributed by atoms with E-state index in [0.717, 1.165) is 24.8 Å². The van der Waals surface area contributed by atoms with Gasteiger partial charge in [0, 0.05) is 6.42 Å². The molecule has 2 nitrogen and oxygen atoms in total. The first-order chi connectivity index (χ1) is 8.47. The van der Waals surface area contributed by atoms with Crippen molar-refractivity contribution in [2.75, 3.05) is 0 Å². The van der Waals surface area contributed by atoms with Gasteiger partial charge < -0.3 is 4.74 Å². The molecule has 0 aliphatic rings. The van der Waals surface area contributed by atoms with Gasteiger partial charge in [0.15, 0.2) is 0 Å². The Hall–Kier alpha value is -1.31. The highest BCUT2D eigenvalue weighted by atomic mass is 16.5. The van der Waals surface area contributed by atoms with Gasteiger partial charge in [-0.1, -0.05) is 57.5 Å². The van der Waals surface area contributed by atoms with E-state index in [1.54, 1.807) is 0 Å². The first-order valence-corrected chi connectivity index (χ1v) is 6.67. The summed E-state index contributed by atoms with van der Waals surface area (Å²) in [5, 5.41) is 0. The van der Waals surface area contributed by atoms with Crippen LogP contribution in [0, 0.1) is 5.41 Å². The Bertz CT molecular complexity index is 349. The van der Waals surface area contributed by atoms with E-state index in [9.17, 15) is 4.79 Å². The van der Waals surface area contributed by atoms with E-state index in [1.165, 1.54) is 0 Å². The third kappa shape index (κ3) is 7.10. The average Bonchev–Trinajstić information content (AvgIpc) is 2.32. The molecule has 0 saturated carbocycles. The maximum atomic E-state index is 11.5. The summed E-state index contributed by atoms with van der Waals surface area (Å²) in [6.07, 6.45) is 3.69. The molecule has 0 aliphatic carbocycles. The number of ether oxygens (including phenoxy) is 1. The molecule has 0 bridgehead atoms. The number of hydrogen-bond donors (Lipinski definition) is 0. The first kappa shape index (κ1) is 14.7. The van der Waals surface area contributed by atoms with Crippen LogP contribution < -0.4 is 0 Å². The van der Waals surface area contributed by atoms with E-state index in [-0.39, 0.29) is 5.97 Å². The fourth-order valence-electron chi connectivity index (χ4n) is 1.73. The van der Waals surface area contributed by atoms with Crippen LogP contribution in [-0.2, 0) is 16.1 Å². The number of rotatable bonds is 6. The number of unbranched alkanes of at least 4 members (excludes halogenated alkanes) is 1. The maximum absolute atomic E-state index is 11.5. The van der Waals surface area contributed by atoms with Crippen LogP contribution in [0.4, 0.5) is 0 Å². The third-order valence-corrected chi connectivity index (χ3v) is 2.80. The molecule has 0 fully saturated rings. The Morgan fingerprint density at radius 1 is 1.11 bits per heavy atom. The minimum Gasteiger partial charge on any atom is -0.461 e. The van der Waals surface area contributed by atoms with E-state index in [2.05, 4.69) is 20.8 Å². The quantitative estimate of drug-likeness (QED) is 0.553. The van der Waals surface area contributed by atoms with Crippen LogP contribution in [-0.4, -0.2) is 5.97 Å². The molecule has 0 heterocycles. The summed E-state index contributed by atoms with van der Waals surface area (Å²) >= 11 is 0. The van der Waals surface area contributed by atoms with Crippen molar-refractivity contribution in [1.82, 2.24) is 0 Å². The minimum atomic E-state index is -0.0900. The number of carbonyl (C=O) groups excluding carboxylic acids is 1. The van der Waals surface area contributed by atoms with E-state index < -0.39 is 0 Å². The Labute approximate surface area is 110 Å². The highest BCUT2D eigenvalue weighted by Gasteiger charge is 2.10. The average molecular weight is 248 g/mol. The highest BCUT2D eigenvalue weighted by molar-refractivity contribution is 5.69. The lowest BCUT2D eigenvalue weighted by molar-refractivity contribution is -0.145. The van der Waals surface area contributed by atoms with E-state index >= 15 is 0 Å². The summed E-state index contributed by atoms with van der Waals surface area (Å²) in [5.74, 6) is -0.0900. The zero-order valence-electron chi connectivity index (χ0n) is 11.7. The van der Waals surface area contributed by atoms with E-state index in [4.69, 9.17) is 4.74 Å². The summed E-state index contributed by atoms with van der Waals surface area (Å²) < 4.78 is 5.22. The molecule has 18 heavy (non-hydrogen) atoms. The van der Waals surface area contributed by atoms with Crippen LogP contribution >= 0.6 is 0 Å². The van der Waals surface area contributed by atoms with Crippen molar-refractivity contribution < 1.29 is 9.53 Å². The molecule has 0 radical (unpaired) electrons. The van der Waals surface area contributed by atoms with Crippen molar-refractivity contribution in [2.45, 2.75) is 53.1 Å². The summed E-state index contributed by atoms with van der Waals surface area (Å²) in [6.45, 7) is 7.06. The smallest absolute Gasteiger partial charge is 0.306 e. The normalized spacial score (nSPS) is 11.3. The third-order valence-electron chi connectivity index (χ3n) is 2.80. The zero-order valence-corrected chi connectivity index (χ0v) is 11.7. The molecule has 0 unspecified atom stereocenters. The van der Waals surface area contributed by atoms with Gasteiger partial charge in [-0.3, -0.25) is 4.79 Å². The van der Waals surface area contributed by atoms with Gasteiger partial charge in [0.1, 0.15) is 6.61 Å². The van der Waals surface area contributed by atoms with Crippen LogP contribution in [0.3, 0.4) is 0 Å². The molecule has 0 aliphatic heterocycles. The lowest BCUT2D eigenvalue weighted by atomic mass is 9.89. The molecular formula is C16H24O2.